The molecule has 10 rings (SSSR count). The lowest BCUT2D eigenvalue weighted by molar-refractivity contribution is -0.138. The normalized spacial score (nSPS) is 12.4. The van der Waals surface area contributed by atoms with Crippen molar-refractivity contribution in [1.29, 1.82) is 0 Å². The molecule has 0 atom stereocenters. The first kappa shape index (κ1) is 54.5. The van der Waals surface area contributed by atoms with Crippen molar-refractivity contribution in [1.82, 2.24) is 54.1 Å². The first-order valence-corrected chi connectivity index (χ1v) is 25.0. The van der Waals surface area contributed by atoms with Crippen molar-refractivity contribution in [2.24, 2.45) is 4.99 Å². The number of fused-ring (bicyclic) bond motifs is 3. The Morgan fingerprint density at radius 3 is 1.53 bits per heavy atom. The third-order valence-electron chi connectivity index (χ3n) is 11.4. The van der Waals surface area contributed by atoms with Crippen LogP contribution in [0.2, 0.25) is 0 Å². The van der Waals surface area contributed by atoms with Crippen LogP contribution in [0.15, 0.2) is 115 Å². The Labute approximate surface area is 446 Å². The molecule has 1 aliphatic heterocycles. The van der Waals surface area contributed by atoms with Gasteiger partial charge in [-0.15, -0.1) is 0 Å². The topological polar surface area (TPSA) is 177 Å². The maximum atomic E-state index is 13.1. The third-order valence-corrected chi connectivity index (χ3v) is 12.2. The fourth-order valence-electron chi connectivity index (χ4n) is 8.02. The molecular formula is C52H54F6IN15O2. The zero-order chi connectivity index (χ0) is 54.5. The van der Waals surface area contributed by atoms with Crippen molar-refractivity contribution in [2.45, 2.75) is 91.7 Å². The molecule has 0 amide bonds. The molecule has 0 bridgehead atoms. The number of aromatic nitrogens is 11. The molecule has 0 unspecified atom stereocenters. The van der Waals surface area contributed by atoms with E-state index in [2.05, 4.69) is 105 Å². The van der Waals surface area contributed by atoms with E-state index in [9.17, 15) is 26.3 Å². The highest BCUT2D eigenvalue weighted by Crippen LogP contribution is 2.34. The van der Waals surface area contributed by atoms with Gasteiger partial charge in [-0.3, -0.25) is 14.4 Å². The van der Waals surface area contributed by atoms with E-state index in [0.717, 1.165) is 82.7 Å². The van der Waals surface area contributed by atoms with E-state index in [4.69, 9.17) is 9.47 Å². The zero-order valence-electron chi connectivity index (χ0n) is 42.6. The Hall–Kier alpha value is -7.77. The van der Waals surface area contributed by atoms with E-state index in [1.165, 1.54) is 5.56 Å². The number of methoxy groups -OCH3 is 2. The van der Waals surface area contributed by atoms with Crippen LogP contribution in [0.4, 0.5) is 43.8 Å². The number of benzene rings is 2. The van der Waals surface area contributed by atoms with Crippen molar-refractivity contribution in [3.63, 3.8) is 0 Å². The molecule has 8 heterocycles. The minimum atomic E-state index is -4.49. The molecule has 1 aliphatic rings. The summed E-state index contributed by atoms with van der Waals surface area (Å²) in [6.07, 6.45) is -0.307. The summed E-state index contributed by atoms with van der Waals surface area (Å²) in [5.41, 5.74) is 3.94. The van der Waals surface area contributed by atoms with Crippen molar-refractivity contribution >= 4 is 67.7 Å². The fourth-order valence-corrected chi connectivity index (χ4v) is 8.81. The molecule has 76 heavy (non-hydrogen) atoms. The first-order chi connectivity index (χ1) is 36.2. The smallest absolute Gasteiger partial charge is 0.419 e. The van der Waals surface area contributed by atoms with E-state index in [1.54, 1.807) is 37.4 Å². The van der Waals surface area contributed by atoms with Crippen molar-refractivity contribution in [3.05, 3.63) is 147 Å². The van der Waals surface area contributed by atoms with Gasteiger partial charge in [0, 0.05) is 49.1 Å². The van der Waals surface area contributed by atoms with Crippen LogP contribution in [-0.2, 0) is 32.0 Å². The van der Waals surface area contributed by atoms with Crippen LogP contribution in [0, 0.1) is 3.70 Å². The number of aliphatic imine (C=N–C) groups is 1. The van der Waals surface area contributed by atoms with E-state index in [0.29, 0.717) is 54.1 Å². The summed E-state index contributed by atoms with van der Waals surface area (Å²) >= 11 is 2.27. The first-order valence-electron chi connectivity index (χ1n) is 23.9. The molecular weight excluding hydrogens is 1110 g/mol. The molecule has 0 aliphatic carbocycles. The van der Waals surface area contributed by atoms with Gasteiger partial charge in [0.2, 0.25) is 0 Å². The molecule has 2 aromatic carbocycles. The number of pyridine rings is 3. The summed E-state index contributed by atoms with van der Waals surface area (Å²) < 4.78 is 94.9. The average Bonchev–Trinajstić information content (AvgIpc) is 4.24. The van der Waals surface area contributed by atoms with Gasteiger partial charge in [0.25, 0.3) is 0 Å². The van der Waals surface area contributed by atoms with Gasteiger partial charge in [-0.1, -0.05) is 24.3 Å². The van der Waals surface area contributed by atoms with Crippen LogP contribution in [0.5, 0.6) is 11.5 Å². The second-order valence-electron chi connectivity index (χ2n) is 18.3. The number of hydrogen-bond donors (Lipinski definition) is 3. The van der Waals surface area contributed by atoms with Crippen LogP contribution in [-0.4, -0.2) is 92.3 Å². The van der Waals surface area contributed by atoms with Crippen LogP contribution in [0.25, 0.3) is 27.6 Å². The largest absolute Gasteiger partial charge is 0.497 e. The number of ether oxygens (including phenoxy) is 2. The van der Waals surface area contributed by atoms with Gasteiger partial charge in [-0.2, -0.15) is 46.7 Å². The minimum absolute atomic E-state index is 0.0687. The number of nitrogens with one attached hydrogen (secondary N) is 3. The molecule has 7 aromatic heterocycles. The van der Waals surface area contributed by atoms with E-state index in [-0.39, 0.29) is 17.9 Å². The summed E-state index contributed by atoms with van der Waals surface area (Å²) in [6.45, 7) is 13.6. The lowest BCUT2D eigenvalue weighted by atomic mass is 10.1. The van der Waals surface area contributed by atoms with Gasteiger partial charge in [-0.25, -0.2) is 24.3 Å². The Morgan fingerprint density at radius 2 is 1.03 bits per heavy atom. The van der Waals surface area contributed by atoms with Crippen molar-refractivity contribution in [2.75, 3.05) is 30.2 Å². The monoisotopic (exact) mass is 1160 g/mol. The Bertz CT molecular complexity index is 3450. The molecule has 24 heteroatoms. The van der Waals surface area contributed by atoms with Crippen LogP contribution >= 0.6 is 22.6 Å². The Morgan fingerprint density at radius 1 is 0.579 bits per heavy atom. The van der Waals surface area contributed by atoms with E-state index in [1.807, 2.05) is 87.1 Å². The highest BCUT2D eigenvalue weighted by atomic mass is 127. The number of rotatable bonds is 13. The van der Waals surface area contributed by atoms with Crippen LogP contribution in [0.1, 0.15) is 74.9 Å². The van der Waals surface area contributed by atoms with Gasteiger partial charge in [-0.05, 0) is 123 Å². The summed E-state index contributed by atoms with van der Waals surface area (Å²) in [4.78, 5) is 17.4. The van der Waals surface area contributed by atoms with Crippen molar-refractivity contribution in [3.8, 4) is 17.3 Å². The van der Waals surface area contributed by atoms with Crippen molar-refractivity contribution < 1.29 is 35.8 Å². The number of alkyl halides is 6. The lowest BCUT2D eigenvalue weighted by Gasteiger charge is -2.14. The molecule has 17 nitrogen and oxygen atoms in total. The highest BCUT2D eigenvalue weighted by Gasteiger charge is 2.35. The Balaban J connectivity index is 0.000000154. The van der Waals surface area contributed by atoms with Gasteiger partial charge < -0.3 is 25.4 Å². The number of hydrogen-bond acceptors (Lipinski definition) is 13. The number of halogens is 7. The van der Waals surface area contributed by atoms with Gasteiger partial charge in [0.05, 0.1) is 84.7 Å². The highest BCUT2D eigenvalue weighted by molar-refractivity contribution is 14.1. The zero-order valence-corrected chi connectivity index (χ0v) is 44.7. The van der Waals surface area contributed by atoms with Gasteiger partial charge >= 0.3 is 12.4 Å². The molecule has 9 aromatic rings. The average molecular weight is 1160 g/mol. The molecule has 0 radical (unpaired) electrons. The van der Waals surface area contributed by atoms with Crippen LogP contribution < -0.4 is 25.4 Å². The molecule has 0 spiro atoms. The molecule has 0 saturated heterocycles. The van der Waals surface area contributed by atoms with Gasteiger partial charge in [0.1, 0.15) is 32.7 Å². The number of anilines is 3. The second kappa shape index (κ2) is 23.0. The quantitative estimate of drug-likeness (QED) is 0.0737. The third kappa shape index (κ3) is 12.7. The summed E-state index contributed by atoms with van der Waals surface area (Å²) in [6, 6.07) is 21.7. The summed E-state index contributed by atoms with van der Waals surface area (Å²) in [7, 11) is 3.27. The molecule has 3 N–H and O–H groups in total. The van der Waals surface area contributed by atoms with Gasteiger partial charge in [0.15, 0.2) is 11.7 Å². The SMILES string of the molecule is CC(C)Nc1nccc2c1C(n1cc(C(F)(F)F)cn1)=NC2.COc1ccc(Cn2nc(-n3cc(C(F)(F)F)cn3)c3c(NC(C)C)nccc32)cc1.COc1ccc(Cn2nc(I)c3c(NC(C)C)nccc32)cc1. The maximum Gasteiger partial charge on any atom is 0.419 e. The lowest BCUT2D eigenvalue weighted by Crippen LogP contribution is -2.19. The number of nitrogens with zero attached hydrogens (tertiary/aromatic N) is 12. The predicted octanol–water partition coefficient (Wildman–Crippen LogP) is 11.4. The minimum Gasteiger partial charge on any atom is -0.497 e. The molecule has 398 valence electrons. The van der Waals surface area contributed by atoms with E-state index >= 15 is 0 Å². The fraction of sp³-hybridized carbons (Fsp3) is 0.308. The Kier molecular flexibility index (Phi) is 16.5. The molecule has 0 fully saturated rings. The summed E-state index contributed by atoms with van der Waals surface area (Å²) in [5, 5.41) is 28.5. The summed E-state index contributed by atoms with van der Waals surface area (Å²) in [5.74, 6) is 4.28. The van der Waals surface area contributed by atoms with Crippen LogP contribution in [0.3, 0.4) is 0 Å². The van der Waals surface area contributed by atoms with E-state index < -0.39 is 23.5 Å². The maximum absolute atomic E-state index is 13.1. The predicted molar refractivity (Wildman–Crippen MR) is 287 cm³/mol. The molecule has 0 saturated carbocycles. The standard InChI is InChI=1S/C21H21F3N6O.C17H19IN4O.C14H14F3N5/c1-13(2)27-19-18-17(8-9-25-19)29(11-14-4-6-16(31-3)7-5-14)28-20(18)30-12-15(10-26-30)21(22,23)24;1-11(2)20-17-15-14(8-9-19-17)22(21-16(15)18)10-12-4-6-13(23-3)7-5-12;1-8(2)21-12-11-9(3-4-18-12)5-19-13(11)22-7-10(6-20-22)14(15,16)17/h4-10,12-13H,11H2,1-3H3,(H,25,27);4-9,11H,10H2,1-3H3,(H,19,20);3-4,6-8H,5H2,1-2H3,(H,18,21). The second-order valence-corrected chi connectivity index (χ2v) is 19.3.